The maximum absolute atomic E-state index is 2.49. The Morgan fingerprint density at radius 2 is 0.732 bits per heavy atom. The fraction of sp³-hybridized carbons (Fsp3) is 0.0182. The standard InChI is InChI=1S/C55H37N/c1-3-20-39(21-4-1)55(51-32-15-13-27-46(51)47-28-14-16-33-52(47)55)40-34-36-42(37-35-40)56(41-22-5-2-6-23-41)54-50-30-12-10-26-45(50)44-25-9-11-29-49(44)53(54)48-31-17-19-38-18-7-8-24-43(38)48/h1-37H. The molecule has 0 saturated heterocycles. The van der Waals surface area contributed by atoms with Gasteiger partial charge in [0.2, 0.25) is 0 Å². The predicted octanol–water partition coefficient (Wildman–Crippen LogP) is 14.6. The van der Waals surface area contributed by atoms with Crippen LogP contribution in [0, 0.1) is 0 Å². The van der Waals surface area contributed by atoms with Crippen molar-refractivity contribution in [2.45, 2.75) is 5.41 Å². The molecule has 1 nitrogen and oxygen atoms in total. The summed E-state index contributed by atoms with van der Waals surface area (Å²) in [6.45, 7) is 0. The Kier molecular flexibility index (Phi) is 7.47. The molecular formula is C55H37N. The quantitative estimate of drug-likeness (QED) is 0.155. The molecule has 10 aromatic carbocycles. The minimum absolute atomic E-state index is 0.464. The van der Waals surface area contributed by atoms with E-state index in [2.05, 4.69) is 229 Å². The molecular weight excluding hydrogens is 675 g/mol. The van der Waals surface area contributed by atoms with Crippen molar-refractivity contribution < 1.29 is 0 Å². The van der Waals surface area contributed by atoms with Gasteiger partial charge in [0.1, 0.15) is 0 Å². The predicted molar refractivity (Wildman–Crippen MR) is 236 cm³/mol. The largest absolute Gasteiger partial charge is 0.309 e. The van der Waals surface area contributed by atoms with Crippen LogP contribution in [-0.2, 0) is 5.41 Å². The number of rotatable bonds is 6. The molecule has 0 atom stereocenters. The van der Waals surface area contributed by atoms with E-state index >= 15 is 0 Å². The molecule has 0 unspecified atom stereocenters. The molecule has 1 aliphatic carbocycles. The number of fused-ring (bicyclic) bond motifs is 7. The highest BCUT2D eigenvalue weighted by Crippen LogP contribution is 2.57. The first-order chi connectivity index (χ1) is 27.8. The molecule has 1 heteroatoms. The number of para-hydroxylation sites is 1. The van der Waals surface area contributed by atoms with Crippen molar-refractivity contribution in [2.75, 3.05) is 4.90 Å². The summed E-state index contributed by atoms with van der Waals surface area (Å²) >= 11 is 0. The summed E-state index contributed by atoms with van der Waals surface area (Å²) in [5, 5.41) is 7.40. The molecule has 11 rings (SSSR count). The maximum Gasteiger partial charge on any atom is 0.0713 e. The topological polar surface area (TPSA) is 3.24 Å². The van der Waals surface area contributed by atoms with Gasteiger partial charge in [0.15, 0.2) is 0 Å². The normalized spacial score (nSPS) is 12.8. The van der Waals surface area contributed by atoms with Gasteiger partial charge in [0, 0.05) is 22.3 Å². The molecule has 0 heterocycles. The van der Waals surface area contributed by atoms with Crippen LogP contribution in [-0.4, -0.2) is 0 Å². The van der Waals surface area contributed by atoms with Crippen LogP contribution in [0.1, 0.15) is 22.3 Å². The Hall–Kier alpha value is -7.22. The molecule has 0 radical (unpaired) electrons. The first-order valence-corrected chi connectivity index (χ1v) is 19.4. The summed E-state index contributed by atoms with van der Waals surface area (Å²) in [5.41, 5.74) is 13.1. The first kappa shape index (κ1) is 32.2. The molecule has 0 amide bonds. The van der Waals surface area contributed by atoms with Gasteiger partial charge < -0.3 is 4.90 Å². The van der Waals surface area contributed by atoms with E-state index in [0.717, 1.165) is 11.4 Å². The van der Waals surface area contributed by atoms with Crippen molar-refractivity contribution in [1.82, 2.24) is 0 Å². The first-order valence-electron chi connectivity index (χ1n) is 19.4. The lowest BCUT2D eigenvalue weighted by Gasteiger charge is -2.35. The van der Waals surface area contributed by atoms with Crippen molar-refractivity contribution in [3.8, 4) is 22.3 Å². The molecule has 0 fully saturated rings. The Morgan fingerprint density at radius 3 is 1.41 bits per heavy atom. The lowest BCUT2D eigenvalue weighted by Crippen LogP contribution is -2.28. The Balaban J connectivity index is 1.21. The Morgan fingerprint density at radius 1 is 0.286 bits per heavy atom. The van der Waals surface area contributed by atoms with Gasteiger partial charge in [-0.25, -0.2) is 0 Å². The molecule has 56 heavy (non-hydrogen) atoms. The molecule has 0 saturated carbocycles. The van der Waals surface area contributed by atoms with Crippen molar-refractivity contribution in [2.24, 2.45) is 0 Å². The summed E-state index contributed by atoms with van der Waals surface area (Å²) in [4.78, 5) is 2.49. The van der Waals surface area contributed by atoms with Crippen LogP contribution in [0.15, 0.2) is 224 Å². The van der Waals surface area contributed by atoms with Gasteiger partial charge in [-0.05, 0) is 90.1 Å². The van der Waals surface area contributed by atoms with Gasteiger partial charge in [-0.2, -0.15) is 0 Å². The van der Waals surface area contributed by atoms with Gasteiger partial charge in [-0.3, -0.25) is 0 Å². The SMILES string of the molecule is c1ccc(N(c2ccc(C3(c4ccccc4)c4ccccc4-c4ccccc43)cc2)c2c(-c3cccc4ccccc34)c3ccccc3c3ccccc23)cc1. The second-order valence-corrected chi connectivity index (χ2v) is 14.8. The van der Waals surface area contributed by atoms with Crippen molar-refractivity contribution in [3.05, 3.63) is 247 Å². The molecule has 0 aromatic heterocycles. The minimum atomic E-state index is -0.464. The van der Waals surface area contributed by atoms with Crippen molar-refractivity contribution >= 4 is 49.4 Å². The third kappa shape index (κ3) is 4.74. The smallest absolute Gasteiger partial charge is 0.0713 e. The van der Waals surface area contributed by atoms with Crippen LogP contribution >= 0.6 is 0 Å². The van der Waals surface area contributed by atoms with E-state index in [9.17, 15) is 0 Å². The Bertz CT molecular complexity index is 3020. The fourth-order valence-corrected chi connectivity index (χ4v) is 9.63. The monoisotopic (exact) mass is 711 g/mol. The van der Waals surface area contributed by atoms with E-state index < -0.39 is 5.41 Å². The van der Waals surface area contributed by atoms with E-state index in [1.54, 1.807) is 0 Å². The lowest BCUT2D eigenvalue weighted by atomic mass is 9.67. The van der Waals surface area contributed by atoms with Crippen LogP contribution in [0.3, 0.4) is 0 Å². The number of hydrogen-bond donors (Lipinski definition) is 0. The number of hydrogen-bond acceptors (Lipinski definition) is 1. The van der Waals surface area contributed by atoms with E-state index in [1.807, 2.05) is 0 Å². The van der Waals surface area contributed by atoms with E-state index in [0.29, 0.717) is 0 Å². The third-order valence-corrected chi connectivity index (χ3v) is 11.9. The average molecular weight is 712 g/mol. The highest BCUT2D eigenvalue weighted by atomic mass is 15.1. The van der Waals surface area contributed by atoms with Crippen LogP contribution < -0.4 is 4.90 Å². The van der Waals surface area contributed by atoms with Crippen LogP contribution in [0.4, 0.5) is 17.1 Å². The molecule has 1 aliphatic rings. The average Bonchev–Trinajstić information content (AvgIpc) is 3.58. The van der Waals surface area contributed by atoms with Gasteiger partial charge in [0.25, 0.3) is 0 Å². The number of benzene rings is 10. The molecule has 262 valence electrons. The second-order valence-electron chi connectivity index (χ2n) is 14.8. The van der Waals surface area contributed by atoms with Crippen molar-refractivity contribution in [1.29, 1.82) is 0 Å². The zero-order valence-electron chi connectivity index (χ0n) is 30.8. The molecule has 10 aromatic rings. The van der Waals surface area contributed by atoms with Crippen molar-refractivity contribution in [3.63, 3.8) is 0 Å². The molecule has 0 spiro atoms. The fourth-order valence-electron chi connectivity index (χ4n) is 9.63. The van der Waals surface area contributed by atoms with Crippen LogP contribution in [0.25, 0.3) is 54.6 Å². The van der Waals surface area contributed by atoms with Gasteiger partial charge >= 0.3 is 0 Å². The summed E-state index contributed by atoms with van der Waals surface area (Å²) < 4.78 is 0. The number of anilines is 3. The highest BCUT2D eigenvalue weighted by Gasteiger charge is 2.45. The number of nitrogens with zero attached hydrogens (tertiary/aromatic N) is 1. The summed E-state index contributed by atoms with van der Waals surface area (Å²) in [6, 6.07) is 82.6. The van der Waals surface area contributed by atoms with Gasteiger partial charge in [0.05, 0.1) is 11.1 Å². The molecule has 0 bridgehead atoms. The van der Waals surface area contributed by atoms with Crippen LogP contribution in [0.2, 0.25) is 0 Å². The van der Waals surface area contributed by atoms with Crippen LogP contribution in [0.5, 0.6) is 0 Å². The summed E-state index contributed by atoms with van der Waals surface area (Å²) in [7, 11) is 0. The van der Waals surface area contributed by atoms with E-state index in [1.165, 1.54) is 82.5 Å². The zero-order valence-corrected chi connectivity index (χ0v) is 30.8. The zero-order chi connectivity index (χ0) is 37.1. The molecule has 0 N–H and O–H groups in total. The van der Waals surface area contributed by atoms with E-state index in [-0.39, 0.29) is 0 Å². The Labute approximate surface area is 327 Å². The van der Waals surface area contributed by atoms with E-state index in [4.69, 9.17) is 0 Å². The second kappa shape index (κ2) is 13.0. The third-order valence-electron chi connectivity index (χ3n) is 11.9. The maximum atomic E-state index is 2.49. The van der Waals surface area contributed by atoms with Gasteiger partial charge in [-0.15, -0.1) is 0 Å². The molecule has 0 aliphatic heterocycles. The minimum Gasteiger partial charge on any atom is -0.309 e. The lowest BCUT2D eigenvalue weighted by molar-refractivity contribution is 0.768. The van der Waals surface area contributed by atoms with Gasteiger partial charge in [-0.1, -0.05) is 200 Å². The summed E-state index contributed by atoms with van der Waals surface area (Å²) in [6.07, 6.45) is 0. The summed E-state index contributed by atoms with van der Waals surface area (Å²) in [5.74, 6) is 0. The highest BCUT2D eigenvalue weighted by molar-refractivity contribution is 6.24.